The number of aromatic nitrogens is 1. The summed E-state index contributed by atoms with van der Waals surface area (Å²) < 4.78 is 16.5. The van der Waals surface area contributed by atoms with Crippen LogP contribution >= 0.6 is 0 Å². The molecule has 7 heteroatoms. The summed E-state index contributed by atoms with van der Waals surface area (Å²) in [7, 11) is 0. The first-order valence-electron chi connectivity index (χ1n) is 9.56. The van der Waals surface area contributed by atoms with Gasteiger partial charge in [0.15, 0.2) is 5.96 Å². The zero-order chi connectivity index (χ0) is 19.5. The maximum absolute atomic E-state index is 5.81. The maximum atomic E-state index is 5.81. The molecule has 0 radical (unpaired) electrons. The van der Waals surface area contributed by atoms with Crippen molar-refractivity contribution in [2.75, 3.05) is 26.3 Å². The van der Waals surface area contributed by atoms with E-state index in [1.807, 2.05) is 19.1 Å². The van der Waals surface area contributed by atoms with Crippen molar-refractivity contribution in [3.05, 3.63) is 42.0 Å². The minimum Gasteiger partial charge on any atom is -0.469 e. The van der Waals surface area contributed by atoms with Crippen molar-refractivity contribution in [3.8, 4) is 0 Å². The molecule has 0 unspecified atom stereocenters. The molecule has 2 aromatic heterocycles. The van der Waals surface area contributed by atoms with Crippen LogP contribution in [0.25, 0.3) is 0 Å². The molecule has 0 aromatic carbocycles. The molecule has 7 nitrogen and oxygen atoms in total. The summed E-state index contributed by atoms with van der Waals surface area (Å²) in [4.78, 5) is 8.92. The van der Waals surface area contributed by atoms with Crippen LogP contribution < -0.4 is 10.6 Å². The quantitative estimate of drug-likeness (QED) is 0.376. The maximum Gasteiger partial charge on any atom is 0.216 e. The average molecular weight is 377 g/mol. The molecule has 0 bridgehead atoms. The second-order valence-electron chi connectivity index (χ2n) is 7.27. The van der Waals surface area contributed by atoms with Crippen LogP contribution in [-0.2, 0) is 23.1 Å². The van der Waals surface area contributed by atoms with Crippen molar-refractivity contribution in [2.45, 2.75) is 52.5 Å². The molecule has 0 atom stereocenters. The summed E-state index contributed by atoms with van der Waals surface area (Å²) >= 11 is 0. The summed E-state index contributed by atoms with van der Waals surface area (Å²) in [6.07, 6.45) is 5.18. The molecule has 2 aromatic rings. The van der Waals surface area contributed by atoms with Crippen molar-refractivity contribution in [1.82, 2.24) is 15.6 Å². The van der Waals surface area contributed by atoms with Gasteiger partial charge in [-0.15, -0.1) is 0 Å². The highest BCUT2D eigenvalue weighted by Gasteiger charge is 2.19. The van der Waals surface area contributed by atoms with Gasteiger partial charge >= 0.3 is 0 Å². The second kappa shape index (κ2) is 10.8. The molecular weight excluding hydrogens is 344 g/mol. The fourth-order valence-electron chi connectivity index (χ4n) is 2.34. The Balaban J connectivity index is 1.88. The fraction of sp³-hybridized carbons (Fsp3) is 0.600. The van der Waals surface area contributed by atoms with Gasteiger partial charge in [0, 0.05) is 38.1 Å². The number of oxazole rings is 1. The number of guanidine groups is 1. The summed E-state index contributed by atoms with van der Waals surface area (Å²) in [5.74, 6) is 3.15. The van der Waals surface area contributed by atoms with Crippen molar-refractivity contribution >= 4 is 5.96 Å². The van der Waals surface area contributed by atoms with Crippen LogP contribution in [0.2, 0.25) is 0 Å². The third-order valence-corrected chi connectivity index (χ3v) is 3.87. The van der Waals surface area contributed by atoms with Crippen molar-refractivity contribution in [2.24, 2.45) is 4.99 Å². The van der Waals surface area contributed by atoms with E-state index in [9.17, 15) is 0 Å². The van der Waals surface area contributed by atoms with Crippen LogP contribution in [0.4, 0.5) is 0 Å². The van der Waals surface area contributed by atoms with Crippen molar-refractivity contribution in [3.63, 3.8) is 0 Å². The fourth-order valence-corrected chi connectivity index (χ4v) is 2.34. The monoisotopic (exact) mass is 376 g/mol. The molecule has 0 aliphatic carbocycles. The van der Waals surface area contributed by atoms with Crippen LogP contribution in [0.15, 0.2) is 38.4 Å². The number of nitrogens with zero attached hydrogens (tertiary/aromatic N) is 2. The predicted octanol–water partition coefficient (Wildman–Crippen LogP) is 3.27. The summed E-state index contributed by atoms with van der Waals surface area (Å²) in [6.45, 7) is 11.7. The van der Waals surface area contributed by atoms with Gasteiger partial charge in [0.05, 0.1) is 12.5 Å². The van der Waals surface area contributed by atoms with E-state index in [4.69, 9.17) is 13.6 Å². The minimum absolute atomic E-state index is 0.0589. The van der Waals surface area contributed by atoms with Gasteiger partial charge in [-0.05, 0) is 25.5 Å². The molecule has 0 amide bonds. The number of nitrogens with one attached hydrogen (secondary N) is 2. The molecule has 0 spiro atoms. The van der Waals surface area contributed by atoms with Crippen LogP contribution in [0.1, 0.15) is 51.5 Å². The van der Waals surface area contributed by atoms with Gasteiger partial charge in [-0.1, -0.05) is 20.8 Å². The molecule has 0 saturated heterocycles. The van der Waals surface area contributed by atoms with Gasteiger partial charge in [0.25, 0.3) is 0 Å². The van der Waals surface area contributed by atoms with Crippen LogP contribution in [0, 0.1) is 0 Å². The third-order valence-electron chi connectivity index (χ3n) is 3.87. The first-order valence-corrected chi connectivity index (χ1v) is 9.56. The molecule has 0 aliphatic rings. The first-order chi connectivity index (χ1) is 13.0. The smallest absolute Gasteiger partial charge is 0.216 e. The molecule has 2 heterocycles. The molecular formula is C20H32N4O3. The van der Waals surface area contributed by atoms with Crippen molar-refractivity contribution < 1.29 is 13.6 Å². The van der Waals surface area contributed by atoms with E-state index in [1.165, 1.54) is 0 Å². The standard InChI is InChI=1S/C20H32N4O3/c1-5-25-12-7-10-21-19(22-11-9-16-8-6-13-26-16)24-15-18-23-14-17(27-18)20(2,3)4/h6,8,13-14H,5,7,9-12,15H2,1-4H3,(H2,21,22,24). The molecule has 27 heavy (non-hydrogen) atoms. The molecule has 0 saturated carbocycles. The Hall–Kier alpha value is -2.28. The van der Waals surface area contributed by atoms with E-state index in [2.05, 4.69) is 41.4 Å². The molecule has 0 fully saturated rings. The van der Waals surface area contributed by atoms with Crippen LogP contribution in [-0.4, -0.2) is 37.2 Å². The number of hydrogen-bond acceptors (Lipinski definition) is 5. The number of hydrogen-bond donors (Lipinski definition) is 2. The molecule has 2 rings (SSSR count). The summed E-state index contributed by atoms with van der Waals surface area (Å²) in [6, 6.07) is 3.86. The Morgan fingerprint density at radius 1 is 1.26 bits per heavy atom. The molecule has 150 valence electrons. The Morgan fingerprint density at radius 2 is 2.07 bits per heavy atom. The Morgan fingerprint density at radius 3 is 2.74 bits per heavy atom. The van der Waals surface area contributed by atoms with Gasteiger partial charge in [-0.3, -0.25) is 0 Å². The lowest BCUT2D eigenvalue weighted by Crippen LogP contribution is -2.39. The van der Waals surface area contributed by atoms with E-state index < -0.39 is 0 Å². The highest BCUT2D eigenvalue weighted by atomic mass is 16.5. The number of furan rings is 1. The molecule has 0 aliphatic heterocycles. The number of ether oxygens (including phenoxy) is 1. The lowest BCUT2D eigenvalue weighted by atomic mass is 9.94. The SMILES string of the molecule is CCOCCCNC(=NCc1ncc(C(C)(C)C)o1)NCCc1ccco1. The van der Waals surface area contributed by atoms with Gasteiger partial charge in [-0.25, -0.2) is 9.98 Å². The van der Waals surface area contributed by atoms with Crippen molar-refractivity contribution in [1.29, 1.82) is 0 Å². The largest absolute Gasteiger partial charge is 0.469 e. The number of rotatable bonds is 10. The summed E-state index contributed by atoms with van der Waals surface area (Å²) in [5.41, 5.74) is -0.0589. The van der Waals surface area contributed by atoms with E-state index in [0.717, 1.165) is 56.6 Å². The Labute approximate surface area is 161 Å². The van der Waals surface area contributed by atoms with E-state index in [1.54, 1.807) is 12.5 Å². The zero-order valence-corrected chi connectivity index (χ0v) is 16.9. The highest BCUT2D eigenvalue weighted by Crippen LogP contribution is 2.22. The van der Waals surface area contributed by atoms with Crippen LogP contribution in [0.3, 0.4) is 0 Å². The predicted molar refractivity (Wildman–Crippen MR) is 106 cm³/mol. The highest BCUT2D eigenvalue weighted by molar-refractivity contribution is 5.79. The van der Waals surface area contributed by atoms with Crippen LogP contribution in [0.5, 0.6) is 0 Å². The Bertz CT molecular complexity index is 672. The van der Waals surface area contributed by atoms with Gasteiger partial charge in [-0.2, -0.15) is 0 Å². The lowest BCUT2D eigenvalue weighted by Gasteiger charge is -2.13. The van der Waals surface area contributed by atoms with E-state index in [0.29, 0.717) is 12.4 Å². The Kier molecular flexibility index (Phi) is 8.39. The average Bonchev–Trinajstić information content (AvgIpc) is 3.30. The second-order valence-corrected chi connectivity index (χ2v) is 7.27. The van der Waals surface area contributed by atoms with Gasteiger partial charge in [0.2, 0.25) is 5.89 Å². The minimum atomic E-state index is -0.0589. The van der Waals surface area contributed by atoms with Gasteiger partial charge in [0.1, 0.15) is 18.1 Å². The zero-order valence-electron chi connectivity index (χ0n) is 16.9. The third kappa shape index (κ3) is 7.86. The number of aliphatic imine (C=N–C) groups is 1. The lowest BCUT2D eigenvalue weighted by molar-refractivity contribution is 0.145. The summed E-state index contributed by atoms with van der Waals surface area (Å²) in [5, 5.41) is 6.65. The van der Waals surface area contributed by atoms with Gasteiger partial charge < -0.3 is 24.2 Å². The molecule has 2 N–H and O–H groups in total. The topological polar surface area (TPSA) is 84.8 Å². The van der Waals surface area contributed by atoms with E-state index in [-0.39, 0.29) is 5.41 Å². The normalized spacial score (nSPS) is 12.4. The first kappa shape index (κ1) is 21.0. The van der Waals surface area contributed by atoms with E-state index >= 15 is 0 Å².